The molecule has 2 rings (SSSR count). The summed E-state index contributed by atoms with van der Waals surface area (Å²) in [5.41, 5.74) is 12.1. The Morgan fingerprint density at radius 1 is 0.476 bits per heavy atom. The van der Waals surface area contributed by atoms with E-state index in [1.54, 1.807) is 32.4 Å². The van der Waals surface area contributed by atoms with Gasteiger partial charge in [-0.1, -0.05) is 0 Å². The molecular formula is C27H45N5O10. The molecule has 15 heteroatoms. The molecule has 0 saturated carbocycles. The van der Waals surface area contributed by atoms with Crippen LogP contribution in [0, 0.1) is 0 Å². The van der Waals surface area contributed by atoms with Crippen molar-refractivity contribution in [1.29, 1.82) is 0 Å². The molecule has 15 nitrogen and oxygen atoms in total. The molecule has 0 aliphatic heterocycles. The highest BCUT2D eigenvalue weighted by Crippen LogP contribution is 2.32. The van der Waals surface area contributed by atoms with Crippen molar-refractivity contribution < 1.29 is 47.4 Å². The van der Waals surface area contributed by atoms with Crippen LogP contribution in [0.5, 0.6) is 11.5 Å². The number of nitrogens with zero attached hydrogens (tertiary/aromatic N) is 3. The first kappa shape index (κ1) is 35.3. The second kappa shape index (κ2) is 23.6. The standard InChI is InChI=1S/C27H45N5O10/c1-33-5-7-35-9-11-37-13-15-39-17-19-41-23-4-3-22(25-30-26(28)32-27(29)31-25)21-24(23)42-20-18-40-16-14-38-12-10-36-8-6-34-2/h3-4,21H,5-20H2,1-2H3,(H4,28,29,30,31,32). The maximum Gasteiger partial charge on any atom is 0.225 e. The van der Waals surface area contributed by atoms with Crippen LogP contribution in [-0.2, 0) is 37.9 Å². The predicted molar refractivity (Wildman–Crippen MR) is 154 cm³/mol. The topological polar surface area (TPSA) is 183 Å². The third-order valence-corrected chi connectivity index (χ3v) is 5.19. The average Bonchev–Trinajstić information content (AvgIpc) is 2.98. The molecule has 0 radical (unpaired) electrons. The minimum Gasteiger partial charge on any atom is -0.487 e. The van der Waals surface area contributed by atoms with E-state index in [1.165, 1.54) is 0 Å². The molecule has 0 saturated heterocycles. The van der Waals surface area contributed by atoms with Crippen molar-refractivity contribution >= 4 is 11.9 Å². The van der Waals surface area contributed by atoms with Crippen LogP contribution in [0.4, 0.5) is 11.9 Å². The van der Waals surface area contributed by atoms with Gasteiger partial charge in [0.1, 0.15) is 13.2 Å². The Bertz CT molecular complexity index is 939. The van der Waals surface area contributed by atoms with Crippen molar-refractivity contribution in [2.45, 2.75) is 0 Å². The van der Waals surface area contributed by atoms with Crippen molar-refractivity contribution in [3.63, 3.8) is 0 Å². The Balaban J connectivity index is 1.74. The Hall–Kier alpha value is -2.89. The van der Waals surface area contributed by atoms with E-state index >= 15 is 0 Å². The van der Waals surface area contributed by atoms with Crippen molar-refractivity contribution in [2.75, 3.05) is 131 Å². The molecule has 0 aliphatic carbocycles. The third-order valence-electron chi connectivity index (χ3n) is 5.19. The highest BCUT2D eigenvalue weighted by molar-refractivity contribution is 5.62. The van der Waals surface area contributed by atoms with Crippen LogP contribution in [0.25, 0.3) is 11.4 Å². The summed E-state index contributed by atoms with van der Waals surface area (Å²) >= 11 is 0. The van der Waals surface area contributed by atoms with E-state index in [4.69, 9.17) is 58.8 Å². The van der Waals surface area contributed by atoms with Crippen LogP contribution in [0.15, 0.2) is 18.2 Å². The fourth-order valence-corrected chi connectivity index (χ4v) is 3.21. The number of methoxy groups -OCH3 is 2. The zero-order valence-corrected chi connectivity index (χ0v) is 24.6. The van der Waals surface area contributed by atoms with Crippen LogP contribution in [0.2, 0.25) is 0 Å². The molecule has 1 aromatic heterocycles. The number of nitrogens with two attached hydrogens (primary N) is 2. The van der Waals surface area contributed by atoms with Gasteiger partial charge in [0, 0.05) is 19.8 Å². The molecule has 0 aliphatic rings. The first-order chi connectivity index (χ1) is 20.6. The molecule has 238 valence electrons. The Kier molecular flexibility index (Phi) is 19.9. The highest BCUT2D eigenvalue weighted by atomic mass is 16.6. The zero-order valence-electron chi connectivity index (χ0n) is 24.6. The fourth-order valence-electron chi connectivity index (χ4n) is 3.21. The molecule has 0 bridgehead atoms. The van der Waals surface area contributed by atoms with Gasteiger partial charge in [0.25, 0.3) is 0 Å². The Labute approximate surface area is 247 Å². The van der Waals surface area contributed by atoms with E-state index in [2.05, 4.69) is 15.0 Å². The van der Waals surface area contributed by atoms with Gasteiger partial charge in [0.05, 0.1) is 92.5 Å². The SMILES string of the molecule is COCCOCCOCCOCCOc1ccc(-c2nc(N)nc(N)n2)cc1OCCOCCOCCOCCOC. The lowest BCUT2D eigenvalue weighted by atomic mass is 10.2. The molecule has 0 spiro atoms. The Morgan fingerprint density at radius 2 is 0.857 bits per heavy atom. The molecule has 1 heterocycles. The van der Waals surface area contributed by atoms with Crippen LogP contribution >= 0.6 is 0 Å². The minimum atomic E-state index is 0.0252. The van der Waals surface area contributed by atoms with E-state index in [9.17, 15) is 0 Å². The van der Waals surface area contributed by atoms with Gasteiger partial charge in [-0.2, -0.15) is 15.0 Å². The smallest absolute Gasteiger partial charge is 0.225 e. The maximum absolute atomic E-state index is 5.96. The summed E-state index contributed by atoms with van der Waals surface area (Å²) in [5, 5.41) is 0. The average molecular weight is 600 g/mol. The monoisotopic (exact) mass is 599 g/mol. The molecule has 0 atom stereocenters. The van der Waals surface area contributed by atoms with Crippen molar-refractivity contribution in [3.8, 4) is 22.9 Å². The first-order valence-corrected chi connectivity index (χ1v) is 13.8. The molecule has 2 aromatic rings. The number of ether oxygens (including phenoxy) is 10. The summed E-state index contributed by atoms with van der Waals surface area (Å²) in [4.78, 5) is 12.1. The predicted octanol–water partition coefficient (Wildman–Crippen LogP) is 0.853. The Morgan fingerprint density at radius 3 is 1.29 bits per heavy atom. The number of aromatic nitrogens is 3. The van der Waals surface area contributed by atoms with Gasteiger partial charge in [-0.3, -0.25) is 0 Å². The van der Waals surface area contributed by atoms with Gasteiger partial charge in [-0.05, 0) is 18.2 Å². The lowest BCUT2D eigenvalue weighted by Gasteiger charge is -2.15. The van der Waals surface area contributed by atoms with E-state index in [0.29, 0.717) is 122 Å². The molecule has 42 heavy (non-hydrogen) atoms. The summed E-state index contributed by atoms with van der Waals surface area (Å²) < 4.78 is 54.5. The summed E-state index contributed by atoms with van der Waals surface area (Å²) in [6.45, 7) is 7.32. The van der Waals surface area contributed by atoms with E-state index in [0.717, 1.165) is 0 Å². The number of hydrogen-bond donors (Lipinski definition) is 2. The van der Waals surface area contributed by atoms with E-state index in [1.807, 2.05) is 0 Å². The second-order valence-electron chi connectivity index (χ2n) is 8.39. The summed E-state index contributed by atoms with van der Waals surface area (Å²) in [6.07, 6.45) is 0. The normalized spacial score (nSPS) is 11.2. The molecule has 0 amide bonds. The quantitative estimate of drug-likeness (QED) is 0.138. The van der Waals surface area contributed by atoms with Crippen molar-refractivity contribution in [3.05, 3.63) is 18.2 Å². The van der Waals surface area contributed by atoms with Crippen LogP contribution in [-0.4, -0.2) is 135 Å². The first-order valence-electron chi connectivity index (χ1n) is 13.8. The third kappa shape index (κ3) is 16.5. The lowest BCUT2D eigenvalue weighted by molar-refractivity contribution is -0.000881. The number of nitrogen functional groups attached to an aromatic ring is 2. The molecule has 0 fully saturated rings. The largest absolute Gasteiger partial charge is 0.487 e. The number of benzene rings is 1. The minimum absolute atomic E-state index is 0.0252. The van der Waals surface area contributed by atoms with Crippen molar-refractivity contribution in [1.82, 2.24) is 15.0 Å². The van der Waals surface area contributed by atoms with Crippen LogP contribution in [0.1, 0.15) is 0 Å². The van der Waals surface area contributed by atoms with Gasteiger partial charge >= 0.3 is 0 Å². The second-order valence-corrected chi connectivity index (χ2v) is 8.39. The number of anilines is 2. The molecule has 4 N–H and O–H groups in total. The fraction of sp³-hybridized carbons (Fsp3) is 0.667. The molecule has 1 aromatic carbocycles. The van der Waals surface area contributed by atoms with Gasteiger partial charge in [-0.25, -0.2) is 0 Å². The van der Waals surface area contributed by atoms with Crippen molar-refractivity contribution in [2.24, 2.45) is 0 Å². The summed E-state index contributed by atoms with van der Waals surface area (Å²) in [5.74, 6) is 1.38. The van der Waals surface area contributed by atoms with Crippen LogP contribution < -0.4 is 20.9 Å². The van der Waals surface area contributed by atoms with E-state index < -0.39 is 0 Å². The van der Waals surface area contributed by atoms with E-state index in [-0.39, 0.29) is 18.5 Å². The van der Waals surface area contributed by atoms with Gasteiger partial charge in [0.2, 0.25) is 11.9 Å². The van der Waals surface area contributed by atoms with Gasteiger partial charge in [-0.15, -0.1) is 0 Å². The molecular weight excluding hydrogens is 554 g/mol. The van der Waals surface area contributed by atoms with Gasteiger partial charge in [0.15, 0.2) is 17.3 Å². The highest BCUT2D eigenvalue weighted by Gasteiger charge is 2.12. The molecule has 0 unspecified atom stereocenters. The number of rotatable bonds is 27. The zero-order chi connectivity index (χ0) is 30.1. The lowest BCUT2D eigenvalue weighted by Crippen LogP contribution is -2.14. The van der Waals surface area contributed by atoms with Gasteiger partial charge < -0.3 is 58.8 Å². The number of hydrogen-bond acceptors (Lipinski definition) is 15. The van der Waals surface area contributed by atoms with Crippen LogP contribution in [0.3, 0.4) is 0 Å². The maximum atomic E-state index is 5.96. The summed E-state index contributed by atoms with van der Waals surface area (Å²) in [7, 11) is 3.27. The summed E-state index contributed by atoms with van der Waals surface area (Å²) in [6, 6.07) is 5.29.